The molecule has 0 aliphatic rings. The standard InChI is InChI=1S/C5H10F3NO3S2/c1-13(2,3)4(10)9-14(11,12)5(6,7)8/h1-3H3,(H,9,10). The van der Waals surface area contributed by atoms with Gasteiger partial charge in [-0.05, 0) is 18.8 Å². The van der Waals surface area contributed by atoms with Crippen molar-refractivity contribution >= 4 is 25.3 Å². The average Bonchev–Trinajstić information content (AvgIpc) is 1.80. The highest BCUT2D eigenvalue weighted by Crippen LogP contribution is 2.36. The van der Waals surface area contributed by atoms with Crippen molar-refractivity contribution in [2.45, 2.75) is 5.51 Å². The van der Waals surface area contributed by atoms with Crippen LogP contribution in [0, 0.1) is 0 Å². The summed E-state index contributed by atoms with van der Waals surface area (Å²) in [5, 5.41) is -1.12. The predicted octanol–water partition coefficient (Wildman–Crippen LogP) is 1.24. The lowest BCUT2D eigenvalue weighted by molar-refractivity contribution is -0.0443. The number of amides is 1. The molecule has 1 N–H and O–H groups in total. The van der Waals surface area contributed by atoms with Gasteiger partial charge in [-0.15, -0.1) is 0 Å². The molecule has 0 spiro atoms. The van der Waals surface area contributed by atoms with Gasteiger partial charge in [-0.25, -0.2) is 4.72 Å². The van der Waals surface area contributed by atoms with Crippen molar-refractivity contribution in [2.75, 3.05) is 18.8 Å². The van der Waals surface area contributed by atoms with E-state index in [9.17, 15) is 26.4 Å². The molecule has 0 radical (unpaired) electrons. The van der Waals surface area contributed by atoms with Crippen LogP contribution >= 0.6 is 10.0 Å². The molecule has 9 heteroatoms. The molecule has 0 aliphatic carbocycles. The molecule has 1 amide bonds. The zero-order chi connectivity index (χ0) is 11.8. The van der Waals surface area contributed by atoms with Gasteiger partial charge in [-0.2, -0.15) is 31.6 Å². The summed E-state index contributed by atoms with van der Waals surface area (Å²) in [6.07, 6.45) is 4.15. The Morgan fingerprint density at radius 3 is 1.71 bits per heavy atom. The molecular weight excluding hydrogens is 243 g/mol. The summed E-state index contributed by atoms with van der Waals surface area (Å²) in [5.41, 5.74) is -5.45. The Kier molecular flexibility index (Phi) is 3.50. The summed E-state index contributed by atoms with van der Waals surface area (Å²) in [4.78, 5) is 11.0. The maximum Gasteiger partial charge on any atom is 0.516 e. The molecule has 0 atom stereocenters. The second-order valence-electron chi connectivity index (χ2n) is 3.18. The molecule has 0 aliphatic heterocycles. The molecule has 0 heterocycles. The van der Waals surface area contributed by atoms with Crippen molar-refractivity contribution in [1.29, 1.82) is 0 Å². The topological polar surface area (TPSA) is 63.2 Å². The first-order chi connectivity index (χ1) is 5.88. The minimum atomic E-state index is -5.56. The molecule has 0 aromatic carbocycles. The number of halogens is 3. The zero-order valence-electron chi connectivity index (χ0n) is 7.68. The van der Waals surface area contributed by atoms with Crippen LogP contribution in [0.25, 0.3) is 0 Å². The fraction of sp³-hybridized carbons (Fsp3) is 0.800. The van der Waals surface area contributed by atoms with Crippen LogP contribution in [0.3, 0.4) is 0 Å². The van der Waals surface area contributed by atoms with Crippen molar-refractivity contribution in [1.82, 2.24) is 4.72 Å². The van der Waals surface area contributed by atoms with Gasteiger partial charge in [-0.3, -0.25) is 4.79 Å². The molecule has 4 nitrogen and oxygen atoms in total. The number of hydrogen-bond acceptors (Lipinski definition) is 3. The third kappa shape index (κ3) is 3.37. The number of rotatable bonds is 1. The zero-order valence-corrected chi connectivity index (χ0v) is 9.31. The van der Waals surface area contributed by atoms with Crippen molar-refractivity contribution in [3.05, 3.63) is 0 Å². The lowest BCUT2D eigenvalue weighted by Gasteiger charge is -2.23. The molecule has 0 rings (SSSR count). The van der Waals surface area contributed by atoms with Crippen LogP contribution in [-0.2, 0) is 10.0 Å². The summed E-state index contributed by atoms with van der Waals surface area (Å²) >= 11 is 0. The van der Waals surface area contributed by atoms with E-state index in [2.05, 4.69) is 0 Å². The number of nitrogens with one attached hydrogen (secondary N) is 1. The van der Waals surface area contributed by atoms with Crippen LogP contribution < -0.4 is 4.72 Å². The maximum absolute atomic E-state index is 11.8. The first-order valence-corrected chi connectivity index (χ1v) is 7.53. The minimum Gasteiger partial charge on any atom is -0.263 e. The largest absolute Gasteiger partial charge is 0.516 e. The Hall–Kier alpha value is -0.440. The predicted molar refractivity (Wildman–Crippen MR) is 48.9 cm³/mol. The fourth-order valence-corrected chi connectivity index (χ4v) is 1.96. The van der Waals surface area contributed by atoms with E-state index in [0.29, 0.717) is 0 Å². The van der Waals surface area contributed by atoms with Crippen LogP contribution in [0.1, 0.15) is 0 Å². The van der Waals surface area contributed by atoms with Gasteiger partial charge in [0.2, 0.25) is 0 Å². The molecule has 0 bridgehead atoms. The van der Waals surface area contributed by atoms with E-state index in [1.807, 2.05) is 0 Å². The fourth-order valence-electron chi connectivity index (χ4n) is 0.293. The molecule has 0 unspecified atom stereocenters. The normalized spacial score (nSPS) is 15.0. The Morgan fingerprint density at radius 2 is 1.50 bits per heavy atom. The van der Waals surface area contributed by atoms with Crippen molar-refractivity contribution in [3.8, 4) is 0 Å². The van der Waals surface area contributed by atoms with E-state index in [0.717, 1.165) is 4.72 Å². The van der Waals surface area contributed by atoms with Crippen LogP contribution in [0.15, 0.2) is 0 Å². The molecule has 86 valence electrons. The van der Waals surface area contributed by atoms with Gasteiger partial charge in [0.15, 0.2) is 0 Å². The smallest absolute Gasteiger partial charge is 0.263 e. The van der Waals surface area contributed by atoms with Gasteiger partial charge in [0.05, 0.1) is 0 Å². The number of alkyl halides is 3. The molecule has 0 aromatic heterocycles. The van der Waals surface area contributed by atoms with E-state index in [4.69, 9.17) is 0 Å². The minimum absolute atomic E-state index is 0.981. The Balaban J connectivity index is 4.82. The van der Waals surface area contributed by atoms with Crippen LogP contribution in [0.2, 0.25) is 0 Å². The number of sulfonamides is 1. The lowest BCUT2D eigenvalue weighted by atomic mass is 11.4. The highest BCUT2D eigenvalue weighted by atomic mass is 32.3. The first kappa shape index (κ1) is 13.6. The van der Waals surface area contributed by atoms with E-state index in [-0.39, 0.29) is 0 Å². The molecular formula is C5H10F3NO3S2. The summed E-state index contributed by atoms with van der Waals surface area (Å²) in [7, 11) is -7.58. The van der Waals surface area contributed by atoms with E-state index >= 15 is 0 Å². The highest BCUT2D eigenvalue weighted by Gasteiger charge is 2.47. The van der Waals surface area contributed by atoms with Crippen LogP contribution in [-0.4, -0.2) is 37.9 Å². The number of carbonyl (C=O) groups is 1. The molecule has 0 saturated carbocycles. The second-order valence-corrected chi connectivity index (χ2v) is 8.89. The van der Waals surface area contributed by atoms with Crippen LogP contribution in [0.4, 0.5) is 18.0 Å². The van der Waals surface area contributed by atoms with E-state index < -0.39 is 30.8 Å². The average molecular weight is 253 g/mol. The van der Waals surface area contributed by atoms with Gasteiger partial charge >= 0.3 is 15.5 Å². The van der Waals surface area contributed by atoms with Gasteiger partial charge in [-0.1, -0.05) is 0 Å². The number of carbonyl (C=O) groups excluding carboxylic acids is 1. The van der Waals surface area contributed by atoms with Gasteiger partial charge < -0.3 is 0 Å². The van der Waals surface area contributed by atoms with Crippen LogP contribution in [0.5, 0.6) is 0 Å². The third-order valence-electron chi connectivity index (χ3n) is 1.08. The second kappa shape index (κ2) is 3.61. The summed E-state index contributed by atoms with van der Waals surface area (Å²) in [6, 6.07) is 0. The van der Waals surface area contributed by atoms with E-state index in [1.165, 1.54) is 18.8 Å². The first-order valence-electron chi connectivity index (χ1n) is 3.19. The Labute approximate surface area is 81.2 Å². The lowest BCUT2D eigenvalue weighted by Crippen LogP contribution is -2.40. The summed E-state index contributed by atoms with van der Waals surface area (Å²) < 4.78 is 57.3. The van der Waals surface area contributed by atoms with Crippen molar-refractivity contribution in [3.63, 3.8) is 0 Å². The molecule has 0 fully saturated rings. The van der Waals surface area contributed by atoms with Gasteiger partial charge in [0.1, 0.15) is 0 Å². The highest BCUT2D eigenvalue weighted by molar-refractivity contribution is 8.44. The van der Waals surface area contributed by atoms with Gasteiger partial charge in [0, 0.05) is 0 Å². The Morgan fingerprint density at radius 1 is 1.14 bits per heavy atom. The molecule has 14 heavy (non-hydrogen) atoms. The third-order valence-corrected chi connectivity index (χ3v) is 3.49. The quantitative estimate of drug-likeness (QED) is 0.764. The Bertz CT molecular complexity index is 327. The monoisotopic (exact) mass is 253 g/mol. The van der Waals surface area contributed by atoms with Crippen molar-refractivity contribution in [2.24, 2.45) is 0 Å². The summed E-state index contributed by atoms with van der Waals surface area (Å²) in [5.74, 6) is 0. The van der Waals surface area contributed by atoms with Gasteiger partial charge in [0.25, 0.3) is 5.24 Å². The molecule has 0 aromatic rings. The molecule has 0 saturated heterocycles. The van der Waals surface area contributed by atoms with Crippen molar-refractivity contribution < 1.29 is 26.4 Å². The number of hydrogen-bond donors (Lipinski definition) is 1. The summed E-state index contributed by atoms with van der Waals surface area (Å²) in [6.45, 7) is 0. The maximum atomic E-state index is 11.8. The SMILES string of the molecule is CS(C)(C)C(=O)NS(=O)(=O)C(F)(F)F. The van der Waals surface area contributed by atoms with E-state index in [1.54, 1.807) is 0 Å².